The van der Waals surface area contributed by atoms with Crippen LogP contribution in [0.4, 0.5) is 26.3 Å². The molecule has 1 aromatic rings. The predicted octanol–water partition coefficient (Wildman–Crippen LogP) is 2.60. The minimum Gasteiger partial charge on any atom is -0.491 e. The summed E-state index contributed by atoms with van der Waals surface area (Å²) in [4.78, 5) is 22.6. The van der Waals surface area contributed by atoms with Gasteiger partial charge in [0.2, 0.25) is 5.88 Å². The van der Waals surface area contributed by atoms with Gasteiger partial charge in [-0.2, -0.15) is 26.3 Å². The highest BCUT2D eigenvalue weighted by Gasteiger charge is 2.38. The van der Waals surface area contributed by atoms with Crippen molar-refractivity contribution >= 4 is 11.9 Å². The Kier molecular flexibility index (Phi) is 7.96. The first-order valence-corrected chi connectivity index (χ1v) is 6.05. The van der Waals surface area contributed by atoms with Crippen LogP contribution in [0.2, 0.25) is 0 Å². The summed E-state index contributed by atoms with van der Waals surface area (Å²) in [6.45, 7) is -0.235. The first kappa shape index (κ1) is 22.3. The van der Waals surface area contributed by atoms with E-state index < -0.39 is 35.7 Å². The summed E-state index contributed by atoms with van der Waals surface area (Å²) < 4.78 is 78.9. The highest BCUT2D eigenvalue weighted by atomic mass is 19.4. The number of carbonyl (C=O) groups is 2. The van der Waals surface area contributed by atoms with E-state index in [1.807, 2.05) is 0 Å². The van der Waals surface area contributed by atoms with Gasteiger partial charge in [-0.25, -0.2) is 9.78 Å². The van der Waals surface area contributed by atoms with E-state index in [9.17, 15) is 31.1 Å². The van der Waals surface area contributed by atoms with Gasteiger partial charge in [0.1, 0.15) is 11.3 Å². The molecule has 0 aliphatic heterocycles. The number of pyridine rings is 1. The molecule has 1 heterocycles. The third-order valence-corrected chi connectivity index (χ3v) is 2.15. The van der Waals surface area contributed by atoms with Gasteiger partial charge in [-0.1, -0.05) is 0 Å². The SMILES string of the molecule is COc1ncc(OCCC(=O)O)cc1C(F)(F)F.O=C(O)C(F)(F)F. The van der Waals surface area contributed by atoms with E-state index in [2.05, 4.69) is 9.72 Å². The lowest BCUT2D eigenvalue weighted by Gasteiger charge is -2.12. The first-order valence-electron chi connectivity index (χ1n) is 6.05. The van der Waals surface area contributed by atoms with E-state index in [4.69, 9.17) is 19.7 Å². The molecule has 7 nitrogen and oxygen atoms in total. The van der Waals surface area contributed by atoms with E-state index >= 15 is 0 Å². The number of nitrogens with zero attached hydrogens (tertiary/aromatic N) is 1. The van der Waals surface area contributed by atoms with Gasteiger partial charge in [-0.3, -0.25) is 4.79 Å². The van der Waals surface area contributed by atoms with Gasteiger partial charge < -0.3 is 19.7 Å². The maximum Gasteiger partial charge on any atom is 0.490 e. The average molecular weight is 379 g/mol. The van der Waals surface area contributed by atoms with Crippen molar-refractivity contribution in [1.29, 1.82) is 0 Å². The van der Waals surface area contributed by atoms with Crippen LogP contribution in [0, 0.1) is 0 Å². The molecule has 0 saturated heterocycles. The Balaban J connectivity index is 0.000000697. The average Bonchev–Trinajstić information content (AvgIpc) is 2.45. The van der Waals surface area contributed by atoms with Crippen LogP contribution < -0.4 is 9.47 Å². The number of halogens is 6. The van der Waals surface area contributed by atoms with Crippen LogP contribution in [0.3, 0.4) is 0 Å². The van der Waals surface area contributed by atoms with Crippen LogP contribution in [-0.2, 0) is 15.8 Å². The topological polar surface area (TPSA) is 106 Å². The lowest BCUT2D eigenvalue weighted by molar-refractivity contribution is -0.192. The van der Waals surface area contributed by atoms with Crippen LogP contribution in [0.15, 0.2) is 12.3 Å². The van der Waals surface area contributed by atoms with E-state index in [0.717, 1.165) is 13.3 Å². The largest absolute Gasteiger partial charge is 0.491 e. The van der Waals surface area contributed by atoms with Gasteiger partial charge >= 0.3 is 24.3 Å². The van der Waals surface area contributed by atoms with Crippen LogP contribution in [0.1, 0.15) is 12.0 Å². The molecule has 0 atom stereocenters. The highest BCUT2D eigenvalue weighted by molar-refractivity contribution is 5.73. The number of aromatic nitrogens is 1. The van der Waals surface area contributed by atoms with Crippen LogP contribution in [0.25, 0.3) is 0 Å². The molecule has 0 radical (unpaired) electrons. The molecule has 0 bridgehead atoms. The highest BCUT2D eigenvalue weighted by Crippen LogP contribution is 2.36. The molecule has 25 heavy (non-hydrogen) atoms. The molecule has 0 aliphatic carbocycles. The Hall–Kier alpha value is -2.73. The molecule has 1 aromatic heterocycles. The number of carboxylic acids is 2. The molecule has 2 N–H and O–H groups in total. The summed E-state index contributed by atoms with van der Waals surface area (Å²) in [5.74, 6) is -4.59. The van der Waals surface area contributed by atoms with Crippen molar-refractivity contribution in [3.63, 3.8) is 0 Å². The number of rotatable bonds is 5. The standard InChI is InChI=1S/C10H10F3NO4.C2HF3O2/c1-17-9-7(10(11,12)13)4-6(5-14-9)18-3-2-8(15)16;3-2(4,5)1(6)7/h4-5H,2-3H2,1H3,(H,15,16);(H,6,7). The van der Waals surface area contributed by atoms with Gasteiger partial charge in [0, 0.05) is 0 Å². The van der Waals surface area contributed by atoms with Gasteiger partial charge in [0.05, 0.1) is 26.3 Å². The van der Waals surface area contributed by atoms with E-state index in [1.54, 1.807) is 0 Å². The van der Waals surface area contributed by atoms with Crippen molar-refractivity contribution in [2.75, 3.05) is 13.7 Å². The molecule has 0 fully saturated rings. The Labute approximate surface area is 135 Å². The van der Waals surface area contributed by atoms with Crippen molar-refractivity contribution in [3.05, 3.63) is 17.8 Å². The fourth-order valence-electron chi connectivity index (χ4n) is 1.13. The zero-order chi connectivity index (χ0) is 19.8. The number of methoxy groups -OCH3 is 1. The second kappa shape index (κ2) is 8.94. The van der Waals surface area contributed by atoms with Gasteiger partial charge in [0.15, 0.2) is 0 Å². The minimum atomic E-state index is -5.08. The van der Waals surface area contributed by atoms with E-state index in [1.165, 1.54) is 0 Å². The summed E-state index contributed by atoms with van der Waals surface area (Å²) in [7, 11) is 1.07. The molecule has 142 valence electrons. The Bertz CT molecular complexity index is 601. The molecule has 0 saturated carbocycles. The molecule has 0 amide bonds. The van der Waals surface area contributed by atoms with Crippen LogP contribution in [-0.4, -0.2) is 47.0 Å². The van der Waals surface area contributed by atoms with Crippen LogP contribution in [0.5, 0.6) is 11.6 Å². The normalized spacial score (nSPS) is 11.2. The third kappa shape index (κ3) is 8.62. The van der Waals surface area contributed by atoms with E-state index in [0.29, 0.717) is 6.07 Å². The maximum absolute atomic E-state index is 12.6. The molecule has 0 spiro atoms. The molecule has 0 aliphatic rings. The molecular weight excluding hydrogens is 368 g/mol. The smallest absolute Gasteiger partial charge is 0.490 e. The number of hydrogen-bond acceptors (Lipinski definition) is 5. The molecule has 0 unspecified atom stereocenters. The molecule has 0 aromatic carbocycles. The monoisotopic (exact) mass is 379 g/mol. The summed E-state index contributed by atoms with van der Waals surface area (Å²) >= 11 is 0. The fourth-order valence-corrected chi connectivity index (χ4v) is 1.13. The predicted molar refractivity (Wildman–Crippen MR) is 67.2 cm³/mol. The zero-order valence-electron chi connectivity index (χ0n) is 12.3. The van der Waals surface area contributed by atoms with Crippen molar-refractivity contribution in [2.24, 2.45) is 0 Å². The first-order chi connectivity index (χ1) is 11.3. The third-order valence-electron chi connectivity index (χ3n) is 2.15. The zero-order valence-corrected chi connectivity index (χ0v) is 12.3. The van der Waals surface area contributed by atoms with Gasteiger partial charge in [-0.15, -0.1) is 0 Å². The molecular formula is C12H11F6NO6. The van der Waals surface area contributed by atoms with Crippen molar-refractivity contribution in [1.82, 2.24) is 4.98 Å². The second-order valence-electron chi connectivity index (χ2n) is 4.02. The van der Waals surface area contributed by atoms with Crippen molar-refractivity contribution in [2.45, 2.75) is 18.8 Å². The number of hydrogen-bond donors (Lipinski definition) is 2. The molecule has 13 heteroatoms. The second-order valence-corrected chi connectivity index (χ2v) is 4.02. The number of aliphatic carboxylic acids is 2. The Morgan fingerprint density at radius 2 is 1.68 bits per heavy atom. The summed E-state index contributed by atoms with van der Waals surface area (Å²) in [5, 5.41) is 15.5. The summed E-state index contributed by atoms with van der Waals surface area (Å²) in [6, 6.07) is 0.716. The lowest BCUT2D eigenvalue weighted by atomic mass is 10.2. The molecule has 1 rings (SSSR count). The number of ether oxygens (including phenoxy) is 2. The van der Waals surface area contributed by atoms with Crippen LogP contribution >= 0.6 is 0 Å². The number of alkyl halides is 6. The summed E-state index contributed by atoms with van der Waals surface area (Å²) in [5.41, 5.74) is -1.07. The summed E-state index contributed by atoms with van der Waals surface area (Å²) in [6.07, 6.45) is -8.98. The Morgan fingerprint density at radius 3 is 2.04 bits per heavy atom. The minimum absolute atomic E-state index is 0.163. The van der Waals surface area contributed by atoms with Gasteiger partial charge in [-0.05, 0) is 6.07 Å². The van der Waals surface area contributed by atoms with Crippen molar-refractivity contribution in [3.8, 4) is 11.6 Å². The van der Waals surface area contributed by atoms with E-state index in [-0.39, 0.29) is 18.8 Å². The maximum atomic E-state index is 12.6. The lowest BCUT2D eigenvalue weighted by Crippen LogP contribution is -2.21. The fraction of sp³-hybridized carbons (Fsp3) is 0.417. The van der Waals surface area contributed by atoms with Gasteiger partial charge in [0.25, 0.3) is 0 Å². The quantitative estimate of drug-likeness (QED) is 0.758. The Morgan fingerprint density at radius 1 is 1.16 bits per heavy atom. The number of carboxylic acid groups (broad SMARTS) is 2. The van der Waals surface area contributed by atoms with Crippen molar-refractivity contribution < 1.29 is 55.6 Å².